The van der Waals surface area contributed by atoms with Crippen molar-refractivity contribution in [3.8, 4) is 0 Å². The van der Waals surface area contributed by atoms with E-state index in [-0.39, 0.29) is 29.2 Å². The van der Waals surface area contributed by atoms with E-state index in [1.165, 1.54) is 17.4 Å². The summed E-state index contributed by atoms with van der Waals surface area (Å²) >= 11 is 1.41. The van der Waals surface area contributed by atoms with Crippen LogP contribution in [0.5, 0.6) is 0 Å². The van der Waals surface area contributed by atoms with Gasteiger partial charge in [0.15, 0.2) is 5.69 Å². The Kier molecular flexibility index (Phi) is 7.15. The van der Waals surface area contributed by atoms with Crippen LogP contribution in [0.2, 0.25) is 0 Å². The number of thiophene rings is 1. The Morgan fingerprint density at radius 3 is 2.77 bits per heavy atom. The lowest BCUT2D eigenvalue weighted by atomic mass is 9.99. The maximum absolute atomic E-state index is 13.6. The van der Waals surface area contributed by atoms with Crippen molar-refractivity contribution in [1.82, 2.24) is 25.2 Å². The third kappa shape index (κ3) is 6.21. The topological polar surface area (TPSA) is 109 Å². The molecular weight excluding hydrogens is 471 g/mol. The summed E-state index contributed by atoms with van der Waals surface area (Å²) in [5.41, 5.74) is 1.54. The van der Waals surface area contributed by atoms with Crippen LogP contribution in [0.3, 0.4) is 0 Å². The van der Waals surface area contributed by atoms with E-state index in [0.717, 1.165) is 6.20 Å². The molecule has 0 saturated carbocycles. The maximum atomic E-state index is 13.6. The minimum atomic E-state index is -0.445. The lowest BCUT2D eigenvalue weighted by molar-refractivity contribution is 0.0488. The highest BCUT2D eigenvalue weighted by Crippen LogP contribution is 2.28. The molecule has 3 aromatic rings. The van der Waals surface area contributed by atoms with Crippen LogP contribution >= 0.6 is 11.3 Å². The summed E-state index contributed by atoms with van der Waals surface area (Å²) < 4.78 is 19.5. The maximum Gasteiger partial charge on any atom is 0.407 e. The molecule has 0 radical (unpaired) electrons. The van der Waals surface area contributed by atoms with Crippen molar-refractivity contribution in [3.63, 3.8) is 0 Å². The van der Waals surface area contributed by atoms with Crippen molar-refractivity contribution >= 4 is 39.5 Å². The second-order valence-electron chi connectivity index (χ2n) is 9.93. The number of halogens is 1. The van der Waals surface area contributed by atoms with Crippen LogP contribution in [-0.2, 0) is 4.74 Å². The fraction of sp³-hybridized carbons (Fsp3) is 0.458. The molecule has 2 amide bonds. The summed E-state index contributed by atoms with van der Waals surface area (Å²) in [5, 5.41) is 7.78. The van der Waals surface area contributed by atoms with E-state index >= 15 is 0 Å². The summed E-state index contributed by atoms with van der Waals surface area (Å²) in [7, 11) is 0. The quantitative estimate of drug-likeness (QED) is 0.499. The number of fused-ring (bicyclic) bond motifs is 1. The van der Waals surface area contributed by atoms with Gasteiger partial charge in [0.2, 0.25) is 5.95 Å². The van der Waals surface area contributed by atoms with Gasteiger partial charge in [-0.1, -0.05) is 20.8 Å². The predicted octanol–water partition coefficient (Wildman–Crippen LogP) is 4.24. The number of nitrogens with zero attached hydrogens (tertiary/aromatic N) is 4. The minimum absolute atomic E-state index is 0.0959. The third-order valence-corrected chi connectivity index (χ3v) is 6.40. The first-order chi connectivity index (χ1) is 16.6. The van der Waals surface area contributed by atoms with Gasteiger partial charge in [-0.15, -0.1) is 11.3 Å². The van der Waals surface area contributed by atoms with Gasteiger partial charge in [-0.3, -0.25) is 9.78 Å². The summed E-state index contributed by atoms with van der Waals surface area (Å²) in [5.74, 6) is -0.170. The first kappa shape index (κ1) is 24.8. The number of pyridine rings is 1. The number of amides is 2. The molecule has 0 bridgehead atoms. The Morgan fingerprint density at radius 2 is 2.06 bits per heavy atom. The van der Waals surface area contributed by atoms with E-state index in [2.05, 4.69) is 25.6 Å². The predicted molar refractivity (Wildman–Crippen MR) is 132 cm³/mol. The van der Waals surface area contributed by atoms with Gasteiger partial charge >= 0.3 is 6.09 Å². The molecule has 1 saturated heterocycles. The SMILES string of the molecule is CC(Nc1nc(C(=O)N2CC(CNC(=O)OCC(C)(C)C)C2)c2sccc2n1)c1cncc(F)c1. The Morgan fingerprint density at radius 1 is 1.29 bits per heavy atom. The molecule has 0 spiro atoms. The Bertz CT molecular complexity index is 1220. The van der Waals surface area contributed by atoms with Gasteiger partial charge in [-0.25, -0.2) is 19.2 Å². The normalized spacial score (nSPS) is 14.9. The van der Waals surface area contributed by atoms with Gasteiger partial charge in [0.1, 0.15) is 5.82 Å². The zero-order valence-corrected chi connectivity index (χ0v) is 21.0. The van der Waals surface area contributed by atoms with E-state index in [9.17, 15) is 14.0 Å². The number of carbonyl (C=O) groups excluding carboxylic acids is 2. The van der Waals surface area contributed by atoms with Crippen molar-refractivity contribution in [2.45, 2.75) is 33.7 Å². The second-order valence-corrected chi connectivity index (χ2v) is 10.8. The number of nitrogens with one attached hydrogen (secondary N) is 2. The lowest BCUT2D eigenvalue weighted by Crippen LogP contribution is -2.54. The zero-order chi connectivity index (χ0) is 25.2. The largest absolute Gasteiger partial charge is 0.449 e. The van der Waals surface area contributed by atoms with Crippen LogP contribution in [0, 0.1) is 17.2 Å². The number of likely N-dealkylation sites (tertiary alicyclic amines) is 1. The molecule has 1 aliphatic heterocycles. The Labute approximate surface area is 207 Å². The highest BCUT2D eigenvalue weighted by atomic mass is 32.1. The van der Waals surface area contributed by atoms with Gasteiger partial charge in [0.25, 0.3) is 5.91 Å². The molecule has 1 atom stereocenters. The molecule has 1 unspecified atom stereocenters. The molecular formula is C24H29FN6O3S. The molecule has 4 rings (SSSR count). The van der Waals surface area contributed by atoms with Crippen molar-refractivity contribution in [3.05, 3.63) is 47.0 Å². The molecule has 11 heteroatoms. The van der Waals surface area contributed by atoms with Crippen molar-refractivity contribution in [2.75, 3.05) is 31.6 Å². The van der Waals surface area contributed by atoms with Gasteiger partial charge in [-0.2, -0.15) is 0 Å². The van der Waals surface area contributed by atoms with E-state index in [1.54, 1.807) is 11.1 Å². The molecule has 0 aliphatic carbocycles. The lowest BCUT2D eigenvalue weighted by Gasteiger charge is -2.39. The Balaban J connectivity index is 1.38. The number of hydrogen-bond donors (Lipinski definition) is 2. The summed E-state index contributed by atoms with van der Waals surface area (Å²) in [6.07, 6.45) is 2.27. The van der Waals surface area contributed by atoms with E-state index in [0.29, 0.717) is 47.7 Å². The molecule has 0 aromatic carbocycles. The van der Waals surface area contributed by atoms with E-state index in [4.69, 9.17) is 4.74 Å². The average molecular weight is 501 g/mol. The monoisotopic (exact) mass is 500 g/mol. The number of anilines is 1. The molecule has 9 nitrogen and oxygen atoms in total. The highest BCUT2D eigenvalue weighted by molar-refractivity contribution is 7.17. The number of ether oxygens (including phenoxy) is 1. The number of hydrogen-bond acceptors (Lipinski definition) is 8. The van der Waals surface area contributed by atoms with Gasteiger partial charge in [-0.05, 0) is 35.4 Å². The van der Waals surface area contributed by atoms with Crippen LogP contribution in [0.1, 0.15) is 49.8 Å². The van der Waals surface area contributed by atoms with Gasteiger partial charge in [0.05, 0.1) is 29.1 Å². The molecule has 186 valence electrons. The zero-order valence-electron chi connectivity index (χ0n) is 20.2. The van der Waals surface area contributed by atoms with E-state index in [1.807, 2.05) is 39.1 Å². The number of rotatable bonds is 7. The number of aromatic nitrogens is 3. The summed E-state index contributed by atoms with van der Waals surface area (Å²) in [6.45, 7) is 9.64. The van der Waals surface area contributed by atoms with Crippen LogP contribution < -0.4 is 10.6 Å². The summed E-state index contributed by atoms with van der Waals surface area (Å²) in [4.78, 5) is 39.7. The number of carbonyl (C=O) groups is 2. The van der Waals surface area contributed by atoms with Crippen molar-refractivity contribution in [2.24, 2.45) is 11.3 Å². The first-order valence-electron chi connectivity index (χ1n) is 11.4. The molecule has 1 fully saturated rings. The van der Waals surface area contributed by atoms with Crippen LogP contribution in [0.4, 0.5) is 15.1 Å². The molecule has 2 N–H and O–H groups in total. The van der Waals surface area contributed by atoms with E-state index < -0.39 is 11.9 Å². The summed E-state index contributed by atoms with van der Waals surface area (Å²) in [6, 6.07) is 2.92. The van der Waals surface area contributed by atoms with Gasteiger partial charge < -0.3 is 20.3 Å². The van der Waals surface area contributed by atoms with Crippen molar-refractivity contribution in [1.29, 1.82) is 0 Å². The fourth-order valence-electron chi connectivity index (χ4n) is 3.59. The standard InChI is InChI=1S/C24H29FN6O3S/c1-14(16-7-17(25)10-26-9-16)28-22-29-18-5-6-35-20(18)19(30-22)21(32)31-11-15(12-31)8-27-23(33)34-13-24(2,3)4/h5-7,9-10,14-15H,8,11-13H2,1-4H3,(H,27,33)(H,28,29,30). The average Bonchev–Trinajstić information content (AvgIpc) is 3.24. The molecule has 3 aromatic heterocycles. The third-order valence-electron chi connectivity index (χ3n) is 5.49. The Hall–Kier alpha value is -3.34. The number of alkyl carbamates (subject to hydrolysis) is 1. The minimum Gasteiger partial charge on any atom is -0.449 e. The molecule has 1 aliphatic rings. The van der Waals surface area contributed by atoms with Crippen LogP contribution in [0.25, 0.3) is 10.2 Å². The smallest absolute Gasteiger partial charge is 0.407 e. The van der Waals surface area contributed by atoms with Crippen LogP contribution in [0.15, 0.2) is 29.9 Å². The van der Waals surface area contributed by atoms with Crippen LogP contribution in [-0.4, -0.2) is 58.1 Å². The van der Waals surface area contributed by atoms with Crippen molar-refractivity contribution < 1.29 is 18.7 Å². The molecule has 35 heavy (non-hydrogen) atoms. The first-order valence-corrected chi connectivity index (χ1v) is 12.3. The fourth-order valence-corrected chi connectivity index (χ4v) is 4.40. The van der Waals surface area contributed by atoms with Gasteiger partial charge in [0, 0.05) is 31.7 Å². The molecule has 4 heterocycles. The second kappa shape index (κ2) is 10.1. The highest BCUT2D eigenvalue weighted by Gasteiger charge is 2.33.